The highest BCUT2D eigenvalue weighted by atomic mass is 16.3. The molecule has 6 aliphatic carbocycles. The second-order valence-electron chi connectivity index (χ2n) is 10.5. The molecule has 0 amide bonds. The Morgan fingerprint density at radius 1 is 1.32 bits per heavy atom. The van der Waals surface area contributed by atoms with E-state index in [2.05, 4.69) is 18.4 Å². The van der Waals surface area contributed by atoms with E-state index in [4.69, 9.17) is 0 Å². The van der Waals surface area contributed by atoms with E-state index < -0.39 is 0 Å². The number of rotatable bonds is 0. The summed E-state index contributed by atoms with van der Waals surface area (Å²) in [5.41, 5.74) is 3.05. The molecule has 3 heterocycles. The third-order valence-corrected chi connectivity index (χ3v) is 10.2. The quantitative estimate of drug-likeness (QED) is 0.695. The van der Waals surface area contributed by atoms with Crippen LogP contribution in [0.5, 0.6) is 0 Å². The molecule has 2 spiro atoms. The fraction of sp³-hybridized carbons (Fsp3) is 0.900. The van der Waals surface area contributed by atoms with Crippen LogP contribution in [0.15, 0.2) is 12.2 Å². The van der Waals surface area contributed by atoms with E-state index in [1.165, 1.54) is 50.6 Å². The molecule has 11 atom stereocenters. The van der Waals surface area contributed by atoms with Crippen molar-refractivity contribution in [2.75, 3.05) is 6.54 Å². The highest BCUT2D eigenvalue weighted by molar-refractivity contribution is 5.41. The molecular formula is C20H27NO. The number of aliphatic hydroxyl groups is 1. The lowest BCUT2D eigenvalue weighted by molar-refractivity contribution is -0.154. The largest absolute Gasteiger partial charge is 0.392 e. The van der Waals surface area contributed by atoms with Gasteiger partial charge in [-0.05, 0) is 60.2 Å². The van der Waals surface area contributed by atoms with Gasteiger partial charge >= 0.3 is 0 Å². The van der Waals surface area contributed by atoms with Crippen molar-refractivity contribution >= 4 is 0 Å². The van der Waals surface area contributed by atoms with Gasteiger partial charge < -0.3 is 5.11 Å². The predicted molar refractivity (Wildman–Crippen MR) is 84.1 cm³/mol. The van der Waals surface area contributed by atoms with Gasteiger partial charge in [0, 0.05) is 30.5 Å². The van der Waals surface area contributed by atoms with Crippen LogP contribution in [0.2, 0.25) is 0 Å². The van der Waals surface area contributed by atoms with Crippen LogP contribution in [0.25, 0.3) is 0 Å². The summed E-state index contributed by atoms with van der Waals surface area (Å²) in [6.45, 7) is 8.34. The molecule has 9 fully saturated rings. The standard InChI is InChI=1S/C20H27NO/c1-10-7-19-8-12-16-18(2)4-3-5-20(16)13(19)6-11(10)15(22)14(19)17(20)21(12)9-18/h11-17,22H,1,3-9H2,2H3/t11-,12-,13+,14+,15?,16+,17?,18-,19?,20+/m0/s1. The molecule has 0 aromatic heterocycles. The van der Waals surface area contributed by atoms with Crippen LogP contribution < -0.4 is 0 Å². The van der Waals surface area contributed by atoms with Gasteiger partial charge in [0.25, 0.3) is 0 Å². The number of hydrogen-bond acceptors (Lipinski definition) is 2. The van der Waals surface area contributed by atoms with Gasteiger partial charge in [-0.25, -0.2) is 0 Å². The van der Waals surface area contributed by atoms with Crippen molar-refractivity contribution in [2.24, 2.45) is 39.9 Å². The van der Waals surface area contributed by atoms with Crippen LogP contribution in [0.1, 0.15) is 45.4 Å². The van der Waals surface area contributed by atoms with Crippen molar-refractivity contribution in [1.29, 1.82) is 0 Å². The summed E-state index contributed by atoms with van der Waals surface area (Å²) in [4.78, 5) is 2.94. The molecule has 1 N–H and O–H groups in total. The molecule has 2 nitrogen and oxygen atoms in total. The van der Waals surface area contributed by atoms with E-state index in [1.807, 2.05) is 0 Å². The molecule has 2 heteroatoms. The van der Waals surface area contributed by atoms with E-state index in [0.717, 1.165) is 23.9 Å². The first kappa shape index (κ1) is 12.1. The first-order chi connectivity index (χ1) is 10.5. The molecule has 3 saturated heterocycles. The second-order valence-corrected chi connectivity index (χ2v) is 10.5. The monoisotopic (exact) mass is 297 g/mol. The topological polar surface area (TPSA) is 23.5 Å². The molecular weight excluding hydrogens is 270 g/mol. The van der Waals surface area contributed by atoms with Crippen molar-refractivity contribution in [3.8, 4) is 0 Å². The van der Waals surface area contributed by atoms with Crippen LogP contribution in [0.3, 0.4) is 0 Å². The molecule has 9 rings (SSSR count). The average Bonchev–Trinajstić information content (AvgIpc) is 2.88. The molecule has 22 heavy (non-hydrogen) atoms. The van der Waals surface area contributed by atoms with Crippen LogP contribution in [0, 0.1) is 39.9 Å². The second kappa shape index (κ2) is 2.99. The Kier molecular flexibility index (Phi) is 1.64. The Labute approximate surface area is 132 Å². The number of nitrogens with zero attached hydrogens (tertiary/aromatic N) is 1. The molecule has 3 aliphatic heterocycles. The Bertz CT molecular complexity index is 644. The van der Waals surface area contributed by atoms with Gasteiger partial charge in [-0.2, -0.15) is 0 Å². The summed E-state index contributed by atoms with van der Waals surface area (Å²) in [5.74, 6) is 2.90. The average molecular weight is 297 g/mol. The highest BCUT2D eigenvalue weighted by Crippen LogP contribution is 2.87. The highest BCUT2D eigenvalue weighted by Gasteiger charge is 2.87. The summed E-state index contributed by atoms with van der Waals surface area (Å²) in [7, 11) is 0. The molecule has 0 radical (unpaired) electrons. The fourth-order valence-electron chi connectivity index (χ4n) is 10.5. The predicted octanol–water partition coefficient (Wildman–Crippen LogP) is 2.82. The van der Waals surface area contributed by atoms with Gasteiger partial charge in [-0.3, -0.25) is 4.90 Å². The van der Waals surface area contributed by atoms with Gasteiger partial charge in [-0.1, -0.05) is 25.5 Å². The van der Waals surface area contributed by atoms with Crippen molar-refractivity contribution in [3.63, 3.8) is 0 Å². The van der Waals surface area contributed by atoms with Gasteiger partial charge in [0.1, 0.15) is 0 Å². The zero-order valence-corrected chi connectivity index (χ0v) is 13.6. The summed E-state index contributed by atoms with van der Waals surface area (Å²) in [5, 5.41) is 11.2. The lowest BCUT2D eigenvalue weighted by Gasteiger charge is -2.64. The summed E-state index contributed by atoms with van der Waals surface area (Å²) in [6.07, 6.45) is 8.24. The van der Waals surface area contributed by atoms with Gasteiger partial charge in [0.2, 0.25) is 0 Å². The molecule has 9 bridgehead atoms. The Hall–Kier alpha value is -0.340. The van der Waals surface area contributed by atoms with E-state index in [9.17, 15) is 5.11 Å². The van der Waals surface area contributed by atoms with Gasteiger partial charge in [-0.15, -0.1) is 0 Å². The molecule has 4 unspecified atom stereocenters. The molecule has 0 aromatic carbocycles. The van der Waals surface area contributed by atoms with Crippen molar-refractivity contribution in [3.05, 3.63) is 12.2 Å². The van der Waals surface area contributed by atoms with E-state index in [0.29, 0.717) is 28.1 Å². The first-order valence-corrected chi connectivity index (χ1v) is 9.64. The van der Waals surface area contributed by atoms with Crippen molar-refractivity contribution < 1.29 is 5.11 Å². The minimum atomic E-state index is -0.0737. The molecule has 9 aliphatic rings. The lowest BCUT2D eigenvalue weighted by Crippen LogP contribution is -2.62. The third kappa shape index (κ3) is 0.833. The normalized spacial score (nSPS) is 75.1. The van der Waals surface area contributed by atoms with Gasteiger partial charge in [0.15, 0.2) is 0 Å². The van der Waals surface area contributed by atoms with E-state index >= 15 is 0 Å². The fourth-order valence-corrected chi connectivity index (χ4v) is 10.5. The van der Waals surface area contributed by atoms with Gasteiger partial charge in [0.05, 0.1) is 6.10 Å². The SMILES string of the molecule is C=C1CC23C[C@H]4[C@@H]5[C@@]6(C)CCC[C@]57C([C@H]2C(O)[C@H]1C[C@H]37)N4C6. The summed E-state index contributed by atoms with van der Waals surface area (Å²) in [6, 6.07) is 1.60. The Balaban J connectivity index is 1.53. The molecule has 0 aromatic rings. The van der Waals surface area contributed by atoms with E-state index in [-0.39, 0.29) is 6.10 Å². The molecule has 118 valence electrons. The number of hydrogen-bond donors (Lipinski definition) is 1. The maximum Gasteiger partial charge on any atom is 0.0654 e. The third-order valence-electron chi connectivity index (χ3n) is 10.2. The van der Waals surface area contributed by atoms with Crippen molar-refractivity contribution in [2.45, 2.75) is 63.6 Å². The minimum absolute atomic E-state index is 0.0737. The number of aliphatic hydroxyl groups excluding tert-OH is 1. The maximum absolute atomic E-state index is 11.2. The number of fused-ring (bicyclic) bond motifs is 1. The minimum Gasteiger partial charge on any atom is -0.392 e. The van der Waals surface area contributed by atoms with Crippen LogP contribution >= 0.6 is 0 Å². The maximum atomic E-state index is 11.2. The summed E-state index contributed by atoms with van der Waals surface area (Å²) >= 11 is 0. The Morgan fingerprint density at radius 2 is 2.18 bits per heavy atom. The lowest BCUT2D eigenvalue weighted by atomic mass is 9.41. The zero-order valence-electron chi connectivity index (χ0n) is 13.6. The van der Waals surface area contributed by atoms with Crippen LogP contribution in [-0.2, 0) is 0 Å². The van der Waals surface area contributed by atoms with Crippen LogP contribution in [-0.4, -0.2) is 34.7 Å². The van der Waals surface area contributed by atoms with Crippen LogP contribution in [0.4, 0.5) is 0 Å². The van der Waals surface area contributed by atoms with Crippen molar-refractivity contribution in [1.82, 2.24) is 4.90 Å². The zero-order chi connectivity index (χ0) is 14.6. The molecule has 6 saturated carbocycles. The Morgan fingerprint density at radius 3 is 3.05 bits per heavy atom. The summed E-state index contributed by atoms with van der Waals surface area (Å²) < 4.78 is 0. The first-order valence-electron chi connectivity index (χ1n) is 9.64. The number of piperidine rings is 2. The smallest absolute Gasteiger partial charge is 0.0654 e. The van der Waals surface area contributed by atoms with E-state index in [1.54, 1.807) is 0 Å².